The first-order valence-electron chi connectivity index (χ1n) is 7.28. The Balaban J connectivity index is 1.89. The molecule has 1 aromatic rings. The largest absolute Gasteiger partial charge is 0.393 e. The molecule has 1 aliphatic carbocycles. The molecule has 0 bridgehead atoms. The van der Waals surface area contributed by atoms with Gasteiger partial charge in [-0.15, -0.1) is 0 Å². The quantitative estimate of drug-likeness (QED) is 0.631. The Morgan fingerprint density at radius 3 is 3.00 bits per heavy atom. The molecule has 1 saturated carbocycles. The second kappa shape index (κ2) is 5.44. The van der Waals surface area contributed by atoms with Crippen molar-refractivity contribution < 1.29 is 10.0 Å². The van der Waals surface area contributed by atoms with Gasteiger partial charge in [-0.25, -0.2) is 4.98 Å². The summed E-state index contributed by atoms with van der Waals surface area (Å²) < 4.78 is 0. The summed E-state index contributed by atoms with van der Waals surface area (Å²) in [5.41, 5.74) is -0.0777. The highest BCUT2D eigenvalue weighted by atomic mass is 16.6. The molecule has 0 amide bonds. The van der Waals surface area contributed by atoms with E-state index in [0.29, 0.717) is 37.3 Å². The lowest BCUT2D eigenvalue weighted by Gasteiger charge is -2.19. The number of aliphatic hydroxyl groups is 1. The van der Waals surface area contributed by atoms with Gasteiger partial charge in [0.2, 0.25) is 11.8 Å². The first-order valence-corrected chi connectivity index (χ1v) is 7.28. The third-order valence-electron chi connectivity index (χ3n) is 4.40. The number of hydrogen-bond donors (Lipinski definition) is 2. The van der Waals surface area contributed by atoms with Crippen LogP contribution in [0.1, 0.15) is 19.8 Å². The van der Waals surface area contributed by atoms with Crippen LogP contribution in [0.15, 0.2) is 6.20 Å². The van der Waals surface area contributed by atoms with E-state index in [2.05, 4.69) is 15.3 Å². The van der Waals surface area contributed by atoms with Crippen LogP contribution in [0, 0.1) is 22.0 Å². The average Bonchev–Trinajstić information content (AvgIpc) is 3.01. The number of anilines is 2. The van der Waals surface area contributed by atoms with E-state index in [1.165, 1.54) is 6.20 Å². The summed E-state index contributed by atoms with van der Waals surface area (Å²) in [6.45, 7) is 3.91. The van der Waals surface area contributed by atoms with Gasteiger partial charge in [0.25, 0.3) is 0 Å². The van der Waals surface area contributed by atoms with Crippen molar-refractivity contribution in [1.82, 2.24) is 9.97 Å². The topological polar surface area (TPSA) is 104 Å². The molecular formula is C13H19N5O3. The lowest BCUT2D eigenvalue weighted by molar-refractivity contribution is -0.384. The minimum atomic E-state index is -0.449. The first-order chi connectivity index (χ1) is 10.1. The highest BCUT2D eigenvalue weighted by Crippen LogP contribution is 2.41. The van der Waals surface area contributed by atoms with Crippen molar-refractivity contribution >= 4 is 17.5 Å². The Bertz CT molecular complexity index is 553. The molecule has 1 aliphatic heterocycles. The predicted molar refractivity (Wildman–Crippen MR) is 77.3 cm³/mol. The zero-order chi connectivity index (χ0) is 15.0. The molecule has 3 unspecified atom stereocenters. The van der Waals surface area contributed by atoms with Crippen LogP contribution in [-0.2, 0) is 0 Å². The van der Waals surface area contributed by atoms with E-state index in [9.17, 15) is 15.2 Å². The molecule has 0 radical (unpaired) electrons. The molecule has 2 aliphatic rings. The maximum atomic E-state index is 11.2. The molecule has 1 saturated heterocycles. The fraction of sp³-hybridized carbons (Fsp3) is 0.692. The summed E-state index contributed by atoms with van der Waals surface area (Å²) in [7, 11) is 0. The molecule has 0 spiro atoms. The van der Waals surface area contributed by atoms with Gasteiger partial charge in [-0.3, -0.25) is 10.1 Å². The van der Waals surface area contributed by atoms with Crippen molar-refractivity contribution in [2.75, 3.05) is 29.9 Å². The number of rotatable bonds is 4. The van der Waals surface area contributed by atoms with Crippen LogP contribution < -0.4 is 10.2 Å². The number of nitro groups is 1. The van der Waals surface area contributed by atoms with Crippen LogP contribution in [-0.4, -0.2) is 45.7 Å². The van der Waals surface area contributed by atoms with E-state index >= 15 is 0 Å². The summed E-state index contributed by atoms with van der Waals surface area (Å²) in [5, 5.41) is 24.1. The fourth-order valence-corrected chi connectivity index (χ4v) is 3.38. The molecule has 2 heterocycles. The predicted octanol–water partition coefficient (Wildman–Crippen LogP) is 1.02. The molecule has 21 heavy (non-hydrogen) atoms. The molecule has 2 N–H and O–H groups in total. The first kappa shape index (κ1) is 14.0. The van der Waals surface area contributed by atoms with E-state index < -0.39 is 4.92 Å². The van der Waals surface area contributed by atoms with E-state index in [0.717, 1.165) is 12.8 Å². The van der Waals surface area contributed by atoms with Crippen molar-refractivity contribution in [1.29, 1.82) is 0 Å². The summed E-state index contributed by atoms with van der Waals surface area (Å²) in [5.74, 6) is 1.35. The maximum absolute atomic E-state index is 11.2. The molecule has 3 rings (SSSR count). The Morgan fingerprint density at radius 2 is 2.33 bits per heavy atom. The van der Waals surface area contributed by atoms with Gasteiger partial charge < -0.3 is 15.3 Å². The number of hydrogen-bond acceptors (Lipinski definition) is 7. The minimum Gasteiger partial charge on any atom is -0.393 e. The molecule has 3 atom stereocenters. The average molecular weight is 293 g/mol. The van der Waals surface area contributed by atoms with Gasteiger partial charge in [-0.05, 0) is 25.7 Å². The van der Waals surface area contributed by atoms with Gasteiger partial charge in [-0.1, -0.05) is 0 Å². The molecule has 8 heteroatoms. The zero-order valence-corrected chi connectivity index (χ0v) is 11.9. The molecule has 8 nitrogen and oxygen atoms in total. The van der Waals surface area contributed by atoms with Gasteiger partial charge in [0.1, 0.15) is 6.20 Å². The van der Waals surface area contributed by atoms with Crippen LogP contribution in [0.25, 0.3) is 0 Å². The lowest BCUT2D eigenvalue weighted by Crippen LogP contribution is -2.26. The van der Waals surface area contributed by atoms with Crippen molar-refractivity contribution in [2.24, 2.45) is 11.8 Å². The van der Waals surface area contributed by atoms with E-state index in [-0.39, 0.29) is 17.7 Å². The van der Waals surface area contributed by atoms with Crippen LogP contribution >= 0.6 is 0 Å². The second-order valence-corrected chi connectivity index (χ2v) is 5.66. The smallest absolute Gasteiger partial charge is 0.329 e. The minimum absolute atomic E-state index is 0.0777. The Morgan fingerprint density at radius 1 is 1.52 bits per heavy atom. The fourth-order valence-electron chi connectivity index (χ4n) is 3.38. The Hall–Kier alpha value is -1.96. The number of nitrogens with one attached hydrogen (secondary N) is 1. The number of aliphatic hydroxyl groups excluding tert-OH is 1. The van der Waals surface area contributed by atoms with Crippen molar-refractivity contribution in [3.05, 3.63) is 16.3 Å². The summed E-state index contributed by atoms with van der Waals surface area (Å²) in [6, 6.07) is 0. The van der Waals surface area contributed by atoms with E-state index in [1.807, 2.05) is 11.8 Å². The zero-order valence-electron chi connectivity index (χ0n) is 11.9. The molecule has 114 valence electrons. The van der Waals surface area contributed by atoms with Crippen molar-refractivity contribution in [2.45, 2.75) is 25.9 Å². The highest BCUT2D eigenvalue weighted by molar-refractivity contribution is 5.59. The normalized spacial score (nSPS) is 27.7. The molecule has 2 fully saturated rings. The van der Waals surface area contributed by atoms with Crippen LogP contribution in [0.2, 0.25) is 0 Å². The molecular weight excluding hydrogens is 274 g/mol. The molecule has 1 aromatic heterocycles. The number of nitrogens with zero attached hydrogens (tertiary/aromatic N) is 4. The van der Waals surface area contributed by atoms with Gasteiger partial charge in [0.05, 0.1) is 11.0 Å². The third-order valence-corrected chi connectivity index (χ3v) is 4.40. The number of aromatic nitrogens is 2. The second-order valence-electron chi connectivity index (χ2n) is 5.66. The third kappa shape index (κ3) is 2.51. The van der Waals surface area contributed by atoms with E-state index in [1.54, 1.807) is 0 Å². The summed E-state index contributed by atoms with van der Waals surface area (Å²) >= 11 is 0. The van der Waals surface area contributed by atoms with E-state index in [4.69, 9.17) is 0 Å². The van der Waals surface area contributed by atoms with Crippen LogP contribution in [0.5, 0.6) is 0 Å². The lowest BCUT2D eigenvalue weighted by atomic mass is 10.00. The van der Waals surface area contributed by atoms with Crippen molar-refractivity contribution in [3.63, 3.8) is 0 Å². The van der Waals surface area contributed by atoms with Gasteiger partial charge in [-0.2, -0.15) is 4.98 Å². The Labute approximate surface area is 122 Å². The highest BCUT2D eigenvalue weighted by Gasteiger charge is 2.43. The van der Waals surface area contributed by atoms with Crippen molar-refractivity contribution in [3.8, 4) is 0 Å². The van der Waals surface area contributed by atoms with Crippen LogP contribution in [0.3, 0.4) is 0 Å². The molecule has 0 aromatic carbocycles. The SMILES string of the molecule is CCNc1ncc([N+](=O)[O-])c(N2CC3CCC(O)C3C2)n1. The van der Waals surface area contributed by atoms with Gasteiger partial charge in [0.15, 0.2) is 0 Å². The number of fused-ring (bicyclic) bond motifs is 1. The van der Waals surface area contributed by atoms with Gasteiger partial charge in [0, 0.05) is 25.6 Å². The monoisotopic (exact) mass is 293 g/mol. The summed E-state index contributed by atoms with van der Waals surface area (Å²) in [4.78, 5) is 20.9. The standard InChI is InChI=1S/C13H19N5O3/c1-2-14-13-15-5-10(18(20)21)12(16-13)17-6-8-3-4-11(19)9(8)7-17/h5,8-9,11,19H,2-4,6-7H2,1H3,(H,14,15,16). The maximum Gasteiger partial charge on any atom is 0.329 e. The summed E-state index contributed by atoms with van der Waals surface area (Å²) in [6.07, 6.45) is 2.76. The van der Waals surface area contributed by atoms with Gasteiger partial charge >= 0.3 is 5.69 Å². The Kier molecular flexibility index (Phi) is 3.62. The van der Waals surface area contributed by atoms with Crippen LogP contribution in [0.4, 0.5) is 17.5 Å².